The molecule has 0 radical (unpaired) electrons. The molecule has 3 heterocycles. The summed E-state index contributed by atoms with van der Waals surface area (Å²) in [5.74, 6) is -0.388. The third kappa shape index (κ3) is 2.97. The van der Waals surface area contributed by atoms with Crippen molar-refractivity contribution < 1.29 is 9.18 Å². The maximum absolute atomic E-state index is 13.2. The monoisotopic (exact) mass is 370 g/mol. The third-order valence-corrected chi connectivity index (χ3v) is 5.47. The quantitative estimate of drug-likeness (QED) is 0.558. The summed E-state index contributed by atoms with van der Waals surface area (Å²) in [6.07, 6.45) is 0. The fourth-order valence-electron chi connectivity index (χ4n) is 2.42. The summed E-state index contributed by atoms with van der Waals surface area (Å²) >= 11 is 2.93. The van der Waals surface area contributed by atoms with Gasteiger partial charge >= 0.3 is 0 Å². The average molecular weight is 370 g/mol. The molecule has 5 nitrogen and oxygen atoms in total. The highest BCUT2D eigenvalue weighted by molar-refractivity contribution is 7.22. The van der Waals surface area contributed by atoms with E-state index in [1.165, 1.54) is 23.5 Å². The van der Waals surface area contributed by atoms with Gasteiger partial charge in [-0.15, -0.1) is 21.5 Å². The van der Waals surface area contributed by atoms with E-state index in [4.69, 9.17) is 5.73 Å². The molecule has 124 valence electrons. The van der Waals surface area contributed by atoms with Crippen LogP contribution >= 0.6 is 22.7 Å². The van der Waals surface area contributed by atoms with Gasteiger partial charge in [0.15, 0.2) is 11.5 Å². The standard InChI is InChI=1S/C17H11FN4OS2/c18-10-3-1-9(2-4-10)13-7-12-15(25-13)14(16(19)23)21-22-17(12)20-11-5-6-24-8-11/h1-8H,(H2,19,23)(H,20,22). The molecule has 1 aromatic carbocycles. The van der Waals surface area contributed by atoms with Crippen molar-refractivity contribution in [2.24, 2.45) is 5.73 Å². The summed E-state index contributed by atoms with van der Waals surface area (Å²) in [7, 11) is 0. The molecule has 4 aromatic rings. The Morgan fingerprint density at radius 3 is 2.64 bits per heavy atom. The first kappa shape index (κ1) is 15.7. The molecule has 0 aliphatic rings. The van der Waals surface area contributed by atoms with Crippen molar-refractivity contribution in [3.05, 3.63) is 58.7 Å². The van der Waals surface area contributed by atoms with Gasteiger partial charge in [0.25, 0.3) is 5.91 Å². The number of fused-ring (bicyclic) bond motifs is 1. The van der Waals surface area contributed by atoms with Gasteiger partial charge in [0, 0.05) is 15.6 Å². The van der Waals surface area contributed by atoms with Gasteiger partial charge in [-0.25, -0.2) is 4.39 Å². The number of hydrogen-bond donors (Lipinski definition) is 2. The number of amides is 1. The molecule has 0 saturated heterocycles. The second kappa shape index (κ2) is 6.23. The molecule has 8 heteroatoms. The first-order valence-corrected chi connectivity index (χ1v) is 9.03. The van der Waals surface area contributed by atoms with Gasteiger partial charge < -0.3 is 11.1 Å². The summed E-state index contributed by atoms with van der Waals surface area (Å²) < 4.78 is 13.8. The van der Waals surface area contributed by atoms with Gasteiger partial charge in [0.1, 0.15) is 5.82 Å². The third-order valence-electron chi connectivity index (χ3n) is 3.60. The lowest BCUT2D eigenvalue weighted by atomic mass is 10.1. The second-order valence-corrected chi connectivity index (χ2v) is 7.09. The van der Waals surface area contributed by atoms with Gasteiger partial charge in [0.05, 0.1) is 10.4 Å². The van der Waals surface area contributed by atoms with Crippen LogP contribution in [0.4, 0.5) is 15.9 Å². The Bertz CT molecular complexity index is 1060. The Labute approximate surface area is 149 Å². The van der Waals surface area contributed by atoms with E-state index in [0.717, 1.165) is 21.5 Å². The fourth-order valence-corrected chi connectivity index (χ4v) is 4.17. The highest BCUT2D eigenvalue weighted by Crippen LogP contribution is 2.38. The average Bonchev–Trinajstić information content (AvgIpc) is 3.25. The second-order valence-electron chi connectivity index (χ2n) is 5.26. The molecular weight excluding hydrogens is 359 g/mol. The number of carbonyl (C=O) groups excluding carboxylic acids is 1. The van der Waals surface area contributed by atoms with Crippen molar-refractivity contribution in [3.63, 3.8) is 0 Å². The van der Waals surface area contributed by atoms with Gasteiger partial charge in [-0.1, -0.05) is 12.1 Å². The number of anilines is 2. The normalized spacial score (nSPS) is 10.9. The predicted octanol–water partition coefficient (Wildman–Crippen LogP) is 4.40. The van der Waals surface area contributed by atoms with Crippen molar-refractivity contribution in [1.82, 2.24) is 10.2 Å². The lowest BCUT2D eigenvalue weighted by Gasteiger charge is -2.05. The maximum Gasteiger partial charge on any atom is 0.270 e. The Hall–Kier alpha value is -2.84. The predicted molar refractivity (Wildman–Crippen MR) is 98.9 cm³/mol. The number of nitrogens with one attached hydrogen (secondary N) is 1. The number of primary amides is 1. The molecule has 0 unspecified atom stereocenters. The van der Waals surface area contributed by atoms with E-state index >= 15 is 0 Å². The SMILES string of the molecule is NC(=O)c1nnc(Nc2ccsc2)c2cc(-c3ccc(F)cc3)sc12. The van der Waals surface area contributed by atoms with Crippen LogP contribution < -0.4 is 11.1 Å². The van der Waals surface area contributed by atoms with Crippen molar-refractivity contribution >= 4 is 50.2 Å². The molecule has 0 fully saturated rings. The van der Waals surface area contributed by atoms with E-state index < -0.39 is 5.91 Å². The number of hydrogen-bond acceptors (Lipinski definition) is 6. The Morgan fingerprint density at radius 1 is 1.16 bits per heavy atom. The van der Waals surface area contributed by atoms with Crippen molar-refractivity contribution in [2.75, 3.05) is 5.32 Å². The molecule has 0 aliphatic heterocycles. The first-order chi connectivity index (χ1) is 12.1. The zero-order valence-electron chi connectivity index (χ0n) is 12.7. The molecule has 1 amide bonds. The number of benzene rings is 1. The van der Waals surface area contributed by atoms with Crippen LogP contribution in [0.25, 0.3) is 20.5 Å². The summed E-state index contributed by atoms with van der Waals surface area (Å²) in [6.45, 7) is 0. The topological polar surface area (TPSA) is 80.9 Å². The van der Waals surface area contributed by atoms with E-state index in [1.807, 2.05) is 22.9 Å². The minimum absolute atomic E-state index is 0.129. The first-order valence-electron chi connectivity index (χ1n) is 7.27. The van der Waals surface area contributed by atoms with Crippen molar-refractivity contribution in [2.45, 2.75) is 0 Å². The number of halogens is 1. The number of thiophene rings is 2. The highest BCUT2D eigenvalue weighted by Gasteiger charge is 2.18. The van der Waals surface area contributed by atoms with E-state index in [2.05, 4.69) is 15.5 Å². The fraction of sp³-hybridized carbons (Fsp3) is 0. The molecular formula is C17H11FN4OS2. The van der Waals surface area contributed by atoms with Crippen LogP contribution in [0.5, 0.6) is 0 Å². The van der Waals surface area contributed by atoms with E-state index in [1.54, 1.807) is 23.5 Å². The van der Waals surface area contributed by atoms with Gasteiger partial charge in [-0.05, 0) is 35.2 Å². The lowest BCUT2D eigenvalue weighted by Crippen LogP contribution is -2.14. The summed E-state index contributed by atoms with van der Waals surface area (Å²) in [6, 6.07) is 10.0. The molecule has 25 heavy (non-hydrogen) atoms. The number of rotatable bonds is 4. The Kier molecular flexibility index (Phi) is 3.90. The molecule has 3 aromatic heterocycles. The van der Waals surface area contributed by atoms with Crippen molar-refractivity contribution in [1.29, 1.82) is 0 Å². The minimum Gasteiger partial charge on any atom is -0.364 e. The van der Waals surface area contributed by atoms with Gasteiger partial charge in [-0.3, -0.25) is 4.79 Å². The van der Waals surface area contributed by atoms with Crippen LogP contribution in [-0.4, -0.2) is 16.1 Å². The summed E-state index contributed by atoms with van der Waals surface area (Å²) in [5.41, 5.74) is 7.30. The van der Waals surface area contributed by atoms with Crippen molar-refractivity contribution in [3.8, 4) is 10.4 Å². The molecule has 0 atom stereocenters. The number of nitrogens with zero attached hydrogens (tertiary/aromatic N) is 2. The molecule has 0 saturated carbocycles. The van der Waals surface area contributed by atoms with Crippen LogP contribution in [0.3, 0.4) is 0 Å². The zero-order chi connectivity index (χ0) is 17.4. The van der Waals surface area contributed by atoms with Crippen LogP contribution in [0.1, 0.15) is 10.5 Å². The largest absolute Gasteiger partial charge is 0.364 e. The smallest absolute Gasteiger partial charge is 0.270 e. The molecule has 0 bridgehead atoms. The minimum atomic E-state index is -0.632. The van der Waals surface area contributed by atoms with Crippen LogP contribution in [0.2, 0.25) is 0 Å². The maximum atomic E-state index is 13.2. The lowest BCUT2D eigenvalue weighted by molar-refractivity contribution is 0.0996. The van der Waals surface area contributed by atoms with E-state index in [0.29, 0.717) is 10.5 Å². The molecule has 0 spiro atoms. The Balaban J connectivity index is 1.88. The summed E-state index contributed by atoms with van der Waals surface area (Å²) in [4.78, 5) is 12.6. The number of nitrogens with two attached hydrogens (primary N) is 1. The van der Waals surface area contributed by atoms with E-state index in [9.17, 15) is 9.18 Å². The molecule has 4 rings (SSSR count). The van der Waals surface area contributed by atoms with Gasteiger partial charge in [0.2, 0.25) is 0 Å². The van der Waals surface area contributed by atoms with Gasteiger partial charge in [-0.2, -0.15) is 11.3 Å². The van der Waals surface area contributed by atoms with Crippen LogP contribution in [0.15, 0.2) is 47.2 Å². The molecule has 3 N–H and O–H groups in total. The van der Waals surface area contributed by atoms with E-state index in [-0.39, 0.29) is 11.5 Å². The molecule has 0 aliphatic carbocycles. The van der Waals surface area contributed by atoms with Crippen LogP contribution in [-0.2, 0) is 0 Å². The number of aromatic nitrogens is 2. The zero-order valence-corrected chi connectivity index (χ0v) is 14.3. The van der Waals surface area contributed by atoms with Crippen LogP contribution in [0, 0.1) is 5.82 Å². The highest BCUT2D eigenvalue weighted by atomic mass is 32.1. The summed E-state index contributed by atoms with van der Waals surface area (Å²) in [5, 5.41) is 15.9. The number of carbonyl (C=O) groups is 1. The Morgan fingerprint density at radius 2 is 1.96 bits per heavy atom.